The van der Waals surface area contributed by atoms with Gasteiger partial charge < -0.3 is 5.32 Å². The highest BCUT2D eigenvalue weighted by Gasteiger charge is 2.03. The minimum Gasteiger partial charge on any atom is -0.373 e. The fourth-order valence-corrected chi connectivity index (χ4v) is 1.73. The van der Waals surface area contributed by atoms with Gasteiger partial charge in [-0.15, -0.1) is 0 Å². The first kappa shape index (κ1) is 11.1. The molecule has 4 heteroatoms. The molecular weight excluding hydrogens is 266 g/mol. The van der Waals surface area contributed by atoms with Crippen LogP contribution in [0.15, 0.2) is 34.8 Å². The van der Waals surface area contributed by atoms with Crippen molar-refractivity contribution in [2.75, 3.05) is 12.4 Å². The Kier molecular flexibility index (Phi) is 3.19. The third-order valence-corrected chi connectivity index (χ3v) is 2.76. The summed E-state index contributed by atoms with van der Waals surface area (Å²) in [5, 5.41) is 3.03. The number of halogens is 1. The Labute approximate surface area is 103 Å². The Morgan fingerprint density at radius 1 is 1.12 bits per heavy atom. The molecule has 0 aliphatic heterocycles. The second kappa shape index (κ2) is 4.61. The van der Waals surface area contributed by atoms with Crippen molar-refractivity contribution in [3.05, 3.63) is 40.6 Å². The molecule has 0 bridgehead atoms. The summed E-state index contributed by atoms with van der Waals surface area (Å²) >= 11 is 3.42. The lowest BCUT2D eigenvalue weighted by Gasteiger charge is -2.05. The lowest BCUT2D eigenvalue weighted by atomic mass is 10.1. The van der Waals surface area contributed by atoms with E-state index in [1.807, 2.05) is 44.3 Å². The van der Waals surface area contributed by atoms with Crippen LogP contribution < -0.4 is 5.32 Å². The average Bonchev–Trinajstić information content (AvgIpc) is 2.29. The monoisotopic (exact) mass is 277 g/mol. The molecule has 2 aromatic rings. The molecule has 0 radical (unpaired) electrons. The summed E-state index contributed by atoms with van der Waals surface area (Å²) in [7, 11) is 1.85. The van der Waals surface area contributed by atoms with Crippen LogP contribution in [-0.2, 0) is 0 Å². The molecule has 1 aromatic carbocycles. The highest BCUT2D eigenvalue weighted by Crippen LogP contribution is 2.21. The molecular formula is C12H12BrN3. The first-order chi connectivity index (χ1) is 7.69. The van der Waals surface area contributed by atoms with Crippen molar-refractivity contribution in [2.45, 2.75) is 6.92 Å². The predicted octanol–water partition coefficient (Wildman–Crippen LogP) is 3.26. The molecule has 0 amide bonds. The number of benzene rings is 1. The Morgan fingerprint density at radius 3 is 2.44 bits per heavy atom. The summed E-state index contributed by atoms with van der Waals surface area (Å²) in [4.78, 5) is 8.68. The molecule has 0 saturated carbocycles. The number of anilines is 1. The van der Waals surface area contributed by atoms with Gasteiger partial charge in [-0.1, -0.05) is 28.1 Å². The van der Waals surface area contributed by atoms with Gasteiger partial charge in [0.1, 0.15) is 11.6 Å². The van der Waals surface area contributed by atoms with Crippen LogP contribution in [0.25, 0.3) is 11.3 Å². The van der Waals surface area contributed by atoms with E-state index in [2.05, 4.69) is 31.2 Å². The summed E-state index contributed by atoms with van der Waals surface area (Å²) in [6, 6.07) is 10.0. The number of nitrogens with zero attached hydrogens (tertiary/aromatic N) is 2. The van der Waals surface area contributed by atoms with Gasteiger partial charge >= 0.3 is 0 Å². The van der Waals surface area contributed by atoms with Crippen molar-refractivity contribution in [1.29, 1.82) is 0 Å². The maximum Gasteiger partial charge on any atom is 0.130 e. The Bertz CT molecular complexity index is 494. The van der Waals surface area contributed by atoms with Gasteiger partial charge in [0.15, 0.2) is 0 Å². The normalized spacial score (nSPS) is 10.2. The van der Waals surface area contributed by atoms with Crippen molar-refractivity contribution < 1.29 is 0 Å². The largest absolute Gasteiger partial charge is 0.373 e. The lowest BCUT2D eigenvalue weighted by Crippen LogP contribution is -1.98. The number of hydrogen-bond donors (Lipinski definition) is 1. The fraction of sp³-hybridized carbons (Fsp3) is 0.167. The maximum atomic E-state index is 4.42. The van der Waals surface area contributed by atoms with E-state index in [1.54, 1.807) is 0 Å². The van der Waals surface area contributed by atoms with Gasteiger partial charge in [-0.25, -0.2) is 9.97 Å². The molecule has 16 heavy (non-hydrogen) atoms. The van der Waals surface area contributed by atoms with Gasteiger partial charge in [0, 0.05) is 23.2 Å². The quantitative estimate of drug-likeness (QED) is 0.916. The van der Waals surface area contributed by atoms with E-state index in [-0.39, 0.29) is 0 Å². The van der Waals surface area contributed by atoms with E-state index < -0.39 is 0 Å². The van der Waals surface area contributed by atoms with Gasteiger partial charge in [0.25, 0.3) is 0 Å². The zero-order valence-corrected chi connectivity index (χ0v) is 10.7. The van der Waals surface area contributed by atoms with E-state index in [9.17, 15) is 0 Å². The number of nitrogens with one attached hydrogen (secondary N) is 1. The van der Waals surface area contributed by atoms with Gasteiger partial charge in [-0.3, -0.25) is 0 Å². The van der Waals surface area contributed by atoms with Crippen LogP contribution in [0.4, 0.5) is 5.82 Å². The molecule has 2 rings (SSSR count). The first-order valence-corrected chi connectivity index (χ1v) is 5.78. The van der Waals surface area contributed by atoms with Crippen molar-refractivity contribution in [3.8, 4) is 11.3 Å². The van der Waals surface area contributed by atoms with Crippen molar-refractivity contribution in [3.63, 3.8) is 0 Å². The molecule has 1 heterocycles. The van der Waals surface area contributed by atoms with Crippen LogP contribution in [0.1, 0.15) is 5.82 Å². The Balaban J connectivity index is 2.47. The van der Waals surface area contributed by atoms with Crippen molar-refractivity contribution >= 4 is 21.7 Å². The molecule has 0 aliphatic carbocycles. The third kappa shape index (κ3) is 2.39. The van der Waals surface area contributed by atoms with Crippen LogP contribution in [-0.4, -0.2) is 17.0 Å². The Morgan fingerprint density at radius 2 is 1.81 bits per heavy atom. The molecule has 0 atom stereocenters. The predicted molar refractivity (Wildman–Crippen MR) is 69.5 cm³/mol. The van der Waals surface area contributed by atoms with Crippen molar-refractivity contribution in [1.82, 2.24) is 9.97 Å². The van der Waals surface area contributed by atoms with E-state index in [4.69, 9.17) is 0 Å². The number of aryl methyl sites for hydroxylation is 1. The molecule has 0 aliphatic rings. The molecule has 0 spiro atoms. The lowest BCUT2D eigenvalue weighted by molar-refractivity contribution is 1.06. The van der Waals surface area contributed by atoms with Crippen LogP contribution in [0, 0.1) is 6.92 Å². The van der Waals surface area contributed by atoms with Crippen LogP contribution in [0.3, 0.4) is 0 Å². The molecule has 82 valence electrons. The van der Waals surface area contributed by atoms with Gasteiger partial charge in [0.05, 0.1) is 5.69 Å². The van der Waals surface area contributed by atoms with Crippen LogP contribution in [0.5, 0.6) is 0 Å². The fourth-order valence-electron chi connectivity index (χ4n) is 1.46. The zero-order valence-electron chi connectivity index (χ0n) is 9.16. The van der Waals surface area contributed by atoms with Crippen LogP contribution in [0.2, 0.25) is 0 Å². The first-order valence-electron chi connectivity index (χ1n) is 4.98. The van der Waals surface area contributed by atoms with Crippen LogP contribution >= 0.6 is 15.9 Å². The minimum absolute atomic E-state index is 0.768. The Hall–Kier alpha value is -1.42. The number of hydrogen-bond acceptors (Lipinski definition) is 3. The average molecular weight is 278 g/mol. The number of aromatic nitrogens is 2. The molecule has 1 N–H and O–H groups in total. The van der Waals surface area contributed by atoms with Crippen molar-refractivity contribution in [2.24, 2.45) is 0 Å². The molecule has 3 nitrogen and oxygen atoms in total. The third-order valence-electron chi connectivity index (χ3n) is 2.23. The number of rotatable bonds is 2. The summed E-state index contributed by atoms with van der Waals surface area (Å²) in [6.07, 6.45) is 0. The smallest absolute Gasteiger partial charge is 0.130 e. The van der Waals surface area contributed by atoms with E-state index >= 15 is 0 Å². The van der Waals surface area contributed by atoms with Gasteiger partial charge in [0.2, 0.25) is 0 Å². The van der Waals surface area contributed by atoms with Gasteiger partial charge in [-0.05, 0) is 19.1 Å². The highest BCUT2D eigenvalue weighted by atomic mass is 79.9. The SMILES string of the molecule is CNc1cc(-c2ccc(Br)cc2)nc(C)n1. The second-order valence-corrected chi connectivity index (χ2v) is 4.36. The molecule has 0 saturated heterocycles. The van der Waals surface area contributed by atoms with Gasteiger partial charge in [-0.2, -0.15) is 0 Å². The van der Waals surface area contributed by atoms with E-state index in [0.29, 0.717) is 0 Å². The zero-order chi connectivity index (χ0) is 11.5. The maximum absolute atomic E-state index is 4.42. The minimum atomic E-state index is 0.768. The molecule has 1 aromatic heterocycles. The summed E-state index contributed by atoms with van der Waals surface area (Å²) in [5.74, 6) is 1.61. The highest BCUT2D eigenvalue weighted by molar-refractivity contribution is 9.10. The summed E-state index contributed by atoms with van der Waals surface area (Å²) < 4.78 is 1.07. The molecule has 0 unspecified atom stereocenters. The molecule has 0 fully saturated rings. The topological polar surface area (TPSA) is 37.8 Å². The summed E-state index contributed by atoms with van der Waals surface area (Å²) in [6.45, 7) is 1.89. The van der Waals surface area contributed by atoms with E-state index in [1.165, 1.54) is 0 Å². The van der Waals surface area contributed by atoms with E-state index in [0.717, 1.165) is 27.4 Å². The standard InChI is InChI=1S/C12H12BrN3/c1-8-15-11(7-12(14-2)16-8)9-3-5-10(13)6-4-9/h3-7H,1-2H3,(H,14,15,16). The summed E-state index contributed by atoms with van der Waals surface area (Å²) in [5.41, 5.74) is 2.02. The second-order valence-electron chi connectivity index (χ2n) is 3.44.